The van der Waals surface area contributed by atoms with Gasteiger partial charge in [-0.3, -0.25) is 4.98 Å². The van der Waals surface area contributed by atoms with Crippen LogP contribution in [0.4, 0.5) is 0 Å². The first-order valence-electron chi connectivity index (χ1n) is 7.15. The van der Waals surface area contributed by atoms with E-state index >= 15 is 0 Å². The summed E-state index contributed by atoms with van der Waals surface area (Å²) in [6, 6.07) is 14.6. The van der Waals surface area contributed by atoms with Gasteiger partial charge in [0.05, 0.1) is 6.61 Å². The molecule has 1 aromatic carbocycles. The normalized spacial score (nSPS) is 12.1. The number of nitrogens with one attached hydrogen (secondary N) is 1. The van der Waals surface area contributed by atoms with E-state index in [-0.39, 0.29) is 0 Å². The molecule has 1 heterocycles. The predicted molar refractivity (Wildman–Crippen MR) is 82.0 cm³/mol. The summed E-state index contributed by atoms with van der Waals surface area (Å²) in [5.41, 5.74) is 2.31. The summed E-state index contributed by atoms with van der Waals surface area (Å²) in [6.45, 7) is 5.89. The fraction of sp³-hybridized carbons (Fsp3) is 0.353. The van der Waals surface area contributed by atoms with Crippen LogP contribution in [0.5, 0.6) is 5.75 Å². The second kappa shape index (κ2) is 7.65. The molecule has 1 atom stereocenters. The van der Waals surface area contributed by atoms with Crippen LogP contribution in [0.1, 0.15) is 31.1 Å². The van der Waals surface area contributed by atoms with Crippen molar-refractivity contribution in [3.05, 3.63) is 59.9 Å². The number of pyridine rings is 1. The Morgan fingerprint density at radius 2 is 2.10 bits per heavy atom. The first kappa shape index (κ1) is 14.5. The largest absolute Gasteiger partial charge is 0.493 e. The summed E-state index contributed by atoms with van der Waals surface area (Å²) in [5, 5.41) is 3.41. The Morgan fingerprint density at radius 3 is 2.85 bits per heavy atom. The molecule has 106 valence electrons. The molecule has 0 amide bonds. The zero-order chi connectivity index (χ0) is 14.2. The Bertz CT molecular complexity index is 513. The molecule has 3 nitrogen and oxygen atoms in total. The van der Waals surface area contributed by atoms with E-state index in [0.29, 0.717) is 12.6 Å². The van der Waals surface area contributed by atoms with E-state index in [9.17, 15) is 0 Å². The molecule has 0 fully saturated rings. The number of hydrogen-bond acceptors (Lipinski definition) is 3. The van der Waals surface area contributed by atoms with Crippen LogP contribution in [0.15, 0.2) is 48.7 Å². The minimum Gasteiger partial charge on any atom is -0.493 e. The van der Waals surface area contributed by atoms with Gasteiger partial charge in [0.1, 0.15) is 5.75 Å². The monoisotopic (exact) mass is 270 g/mol. The average Bonchev–Trinajstić information content (AvgIpc) is 2.49. The van der Waals surface area contributed by atoms with E-state index in [1.54, 1.807) is 0 Å². The van der Waals surface area contributed by atoms with Gasteiger partial charge in [0.25, 0.3) is 0 Å². The number of aromatic nitrogens is 1. The highest BCUT2D eigenvalue weighted by molar-refractivity contribution is 5.30. The van der Waals surface area contributed by atoms with Gasteiger partial charge < -0.3 is 10.1 Å². The Hall–Kier alpha value is -1.87. The summed E-state index contributed by atoms with van der Waals surface area (Å²) >= 11 is 0. The number of hydrogen-bond donors (Lipinski definition) is 1. The van der Waals surface area contributed by atoms with Crippen molar-refractivity contribution in [3.63, 3.8) is 0 Å². The molecule has 0 saturated heterocycles. The number of benzene rings is 1. The number of ether oxygens (including phenoxy) is 1. The van der Waals surface area contributed by atoms with E-state index in [2.05, 4.69) is 36.3 Å². The Labute approximate surface area is 121 Å². The molecule has 0 radical (unpaired) electrons. The van der Waals surface area contributed by atoms with E-state index in [1.165, 1.54) is 5.56 Å². The molecule has 0 aliphatic heterocycles. The molecular formula is C17H22N2O. The van der Waals surface area contributed by atoms with Crippen LogP contribution in [-0.2, 0) is 6.42 Å². The second-order valence-corrected chi connectivity index (χ2v) is 4.77. The van der Waals surface area contributed by atoms with Crippen LogP contribution in [0.3, 0.4) is 0 Å². The highest BCUT2D eigenvalue weighted by Crippen LogP contribution is 2.19. The summed E-state index contributed by atoms with van der Waals surface area (Å²) in [4.78, 5) is 4.29. The van der Waals surface area contributed by atoms with Crippen LogP contribution < -0.4 is 10.1 Å². The lowest BCUT2D eigenvalue weighted by Gasteiger charge is -2.14. The molecule has 3 heteroatoms. The molecule has 0 aliphatic carbocycles. The minimum atomic E-state index is 0.347. The second-order valence-electron chi connectivity index (χ2n) is 4.77. The van der Waals surface area contributed by atoms with Gasteiger partial charge in [-0.2, -0.15) is 0 Å². The van der Waals surface area contributed by atoms with Gasteiger partial charge >= 0.3 is 0 Å². The average molecular weight is 270 g/mol. The van der Waals surface area contributed by atoms with Crippen molar-refractivity contribution in [2.24, 2.45) is 0 Å². The molecule has 20 heavy (non-hydrogen) atoms. The topological polar surface area (TPSA) is 34.1 Å². The first-order valence-corrected chi connectivity index (χ1v) is 7.15. The summed E-state index contributed by atoms with van der Waals surface area (Å²) in [6.07, 6.45) is 2.64. The van der Waals surface area contributed by atoms with Crippen LogP contribution >= 0.6 is 0 Å². The third kappa shape index (κ3) is 4.35. The molecule has 0 aliphatic rings. The lowest BCUT2D eigenvalue weighted by molar-refractivity contribution is 0.320. The summed E-state index contributed by atoms with van der Waals surface area (Å²) in [5.74, 6) is 0.920. The molecule has 1 aromatic heterocycles. The van der Waals surface area contributed by atoms with E-state index in [1.807, 2.05) is 36.5 Å². The molecule has 2 rings (SSSR count). The van der Waals surface area contributed by atoms with Gasteiger partial charge in [-0.25, -0.2) is 0 Å². The zero-order valence-corrected chi connectivity index (χ0v) is 12.2. The van der Waals surface area contributed by atoms with Crippen molar-refractivity contribution < 1.29 is 4.74 Å². The molecule has 0 saturated carbocycles. The van der Waals surface area contributed by atoms with Crippen LogP contribution in [0.25, 0.3) is 0 Å². The maximum Gasteiger partial charge on any atom is 0.119 e. The first-order chi connectivity index (χ1) is 9.79. The molecular weight excluding hydrogens is 248 g/mol. The highest BCUT2D eigenvalue weighted by atomic mass is 16.5. The molecule has 1 N–H and O–H groups in total. The smallest absolute Gasteiger partial charge is 0.119 e. The fourth-order valence-corrected chi connectivity index (χ4v) is 2.12. The molecule has 0 bridgehead atoms. The standard InChI is InChI=1S/C17H22N2O/c1-3-18-14(2)15-7-6-9-17(13-15)20-12-10-16-8-4-5-11-19-16/h4-9,11,13-14,18H,3,10,12H2,1-2H3. The number of rotatable bonds is 7. The molecule has 0 spiro atoms. The zero-order valence-electron chi connectivity index (χ0n) is 12.2. The van der Waals surface area contributed by atoms with Crippen LogP contribution in [0, 0.1) is 0 Å². The Balaban J connectivity index is 1.88. The fourth-order valence-electron chi connectivity index (χ4n) is 2.12. The predicted octanol–water partition coefficient (Wildman–Crippen LogP) is 3.37. The van der Waals surface area contributed by atoms with Gasteiger partial charge in [0.15, 0.2) is 0 Å². The van der Waals surface area contributed by atoms with Crippen molar-refractivity contribution in [1.82, 2.24) is 10.3 Å². The lowest BCUT2D eigenvalue weighted by Crippen LogP contribution is -2.17. The van der Waals surface area contributed by atoms with Gasteiger partial charge in [-0.15, -0.1) is 0 Å². The maximum atomic E-state index is 5.81. The van der Waals surface area contributed by atoms with Crippen molar-refractivity contribution in [2.75, 3.05) is 13.2 Å². The molecule has 2 aromatic rings. The van der Waals surface area contributed by atoms with Crippen molar-refractivity contribution in [2.45, 2.75) is 26.3 Å². The Morgan fingerprint density at radius 1 is 1.20 bits per heavy atom. The van der Waals surface area contributed by atoms with Crippen molar-refractivity contribution >= 4 is 0 Å². The van der Waals surface area contributed by atoms with E-state index in [4.69, 9.17) is 4.74 Å². The Kier molecular flexibility index (Phi) is 5.56. The van der Waals surface area contributed by atoms with Gasteiger partial charge in [-0.1, -0.05) is 25.1 Å². The maximum absolute atomic E-state index is 5.81. The third-order valence-electron chi connectivity index (χ3n) is 3.22. The lowest BCUT2D eigenvalue weighted by atomic mass is 10.1. The van der Waals surface area contributed by atoms with Crippen LogP contribution in [-0.4, -0.2) is 18.1 Å². The van der Waals surface area contributed by atoms with Crippen molar-refractivity contribution in [3.8, 4) is 5.75 Å². The van der Waals surface area contributed by atoms with Crippen LogP contribution in [0.2, 0.25) is 0 Å². The van der Waals surface area contributed by atoms with Gasteiger partial charge in [-0.05, 0) is 43.3 Å². The van der Waals surface area contributed by atoms with Gasteiger partial charge in [0, 0.05) is 24.4 Å². The SMILES string of the molecule is CCNC(C)c1cccc(OCCc2ccccn2)c1. The number of nitrogens with zero attached hydrogens (tertiary/aromatic N) is 1. The highest BCUT2D eigenvalue weighted by Gasteiger charge is 2.04. The van der Waals surface area contributed by atoms with E-state index < -0.39 is 0 Å². The molecule has 1 unspecified atom stereocenters. The van der Waals surface area contributed by atoms with Gasteiger partial charge in [0.2, 0.25) is 0 Å². The minimum absolute atomic E-state index is 0.347. The third-order valence-corrected chi connectivity index (χ3v) is 3.22. The van der Waals surface area contributed by atoms with E-state index in [0.717, 1.165) is 24.4 Å². The summed E-state index contributed by atoms with van der Waals surface area (Å²) in [7, 11) is 0. The quantitative estimate of drug-likeness (QED) is 0.837. The van der Waals surface area contributed by atoms with Crippen molar-refractivity contribution in [1.29, 1.82) is 0 Å². The summed E-state index contributed by atoms with van der Waals surface area (Å²) < 4.78 is 5.81.